The molecule has 0 unspecified atom stereocenters. The minimum Gasteiger partial charge on any atom is -0.347 e. The van der Waals surface area contributed by atoms with Crippen LogP contribution in [0.1, 0.15) is 40.0 Å². The summed E-state index contributed by atoms with van der Waals surface area (Å²) in [6.07, 6.45) is 2.39. The Morgan fingerprint density at radius 2 is 1.74 bits per heavy atom. The Morgan fingerprint density at radius 1 is 1.07 bits per heavy atom. The maximum Gasteiger partial charge on any atom is 0.242 e. The molecule has 0 radical (unpaired) electrons. The number of carbonyl (C=O) groups is 3. The molecule has 1 fully saturated rings. The highest BCUT2D eigenvalue weighted by atomic mass is 16.2. The summed E-state index contributed by atoms with van der Waals surface area (Å²) in [6.45, 7) is 10.5. The fraction of sp³-hybridized carbons (Fsp3) is 0.842. The molecule has 1 aliphatic heterocycles. The predicted molar refractivity (Wildman–Crippen MR) is 106 cm³/mol. The van der Waals surface area contributed by atoms with E-state index < -0.39 is 6.04 Å². The zero-order chi connectivity index (χ0) is 20.2. The first kappa shape index (κ1) is 23.5. The molecule has 156 valence electrons. The fourth-order valence-electron chi connectivity index (χ4n) is 3.25. The smallest absolute Gasteiger partial charge is 0.242 e. The van der Waals surface area contributed by atoms with E-state index >= 15 is 0 Å². The van der Waals surface area contributed by atoms with Gasteiger partial charge in [0, 0.05) is 26.2 Å². The summed E-state index contributed by atoms with van der Waals surface area (Å²) in [7, 11) is 1.74. The molecular formula is C19H37N5O3. The highest BCUT2D eigenvalue weighted by Crippen LogP contribution is 2.07. The summed E-state index contributed by atoms with van der Waals surface area (Å²) in [5.74, 6) is -0.469. The predicted octanol–water partition coefficient (Wildman–Crippen LogP) is -0.504. The lowest BCUT2D eigenvalue weighted by atomic mass is 10.0. The maximum absolute atomic E-state index is 12.5. The van der Waals surface area contributed by atoms with E-state index in [1.807, 2.05) is 13.8 Å². The van der Waals surface area contributed by atoms with Crippen molar-refractivity contribution in [1.29, 1.82) is 0 Å². The Balaban J connectivity index is 2.54. The van der Waals surface area contributed by atoms with Gasteiger partial charge in [-0.05, 0) is 45.7 Å². The molecule has 8 heteroatoms. The molecule has 0 spiro atoms. The molecule has 0 bridgehead atoms. The van der Waals surface area contributed by atoms with Gasteiger partial charge in [-0.3, -0.25) is 14.4 Å². The molecule has 1 aliphatic rings. The molecule has 1 saturated heterocycles. The minimum atomic E-state index is -0.616. The van der Waals surface area contributed by atoms with Gasteiger partial charge in [0.2, 0.25) is 11.8 Å². The van der Waals surface area contributed by atoms with E-state index in [9.17, 15) is 14.4 Å². The zero-order valence-corrected chi connectivity index (χ0v) is 17.3. The third-order valence-electron chi connectivity index (χ3n) is 4.83. The summed E-state index contributed by atoms with van der Waals surface area (Å²) in [5.41, 5.74) is 0. The number of likely N-dealkylation sites (N-methyl/N-ethyl adjacent to an activating group) is 1. The van der Waals surface area contributed by atoms with Crippen LogP contribution in [0.5, 0.6) is 0 Å². The first-order valence-electron chi connectivity index (χ1n) is 10.0. The van der Waals surface area contributed by atoms with Crippen LogP contribution in [-0.4, -0.2) is 80.9 Å². The first-order chi connectivity index (χ1) is 12.8. The van der Waals surface area contributed by atoms with E-state index in [-0.39, 0.29) is 36.1 Å². The Hall–Kier alpha value is -1.51. The quantitative estimate of drug-likeness (QED) is 0.339. The SMILES string of the molecule is CN[C@H](C(=O)N[C@@H](CCCCN1CCNCC1)C(=O)NCC(C)=O)C(C)C. The topological polar surface area (TPSA) is 103 Å². The van der Waals surface area contributed by atoms with E-state index in [0.717, 1.165) is 45.6 Å². The lowest BCUT2D eigenvalue weighted by Gasteiger charge is -2.27. The number of hydrogen-bond donors (Lipinski definition) is 4. The van der Waals surface area contributed by atoms with Crippen LogP contribution in [0.25, 0.3) is 0 Å². The van der Waals surface area contributed by atoms with Crippen LogP contribution in [0.3, 0.4) is 0 Å². The highest BCUT2D eigenvalue weighted by molar-refractivity contribution is 5.91. The van der Waals surface area contributed by atoms with Crippen LogP contribution in [0.2, 0.25) is 0 Å². The third kappa shape index (κ3) is 9.30. The van der Waals surface area contributed by atoms with Gasteiger partial charge in [-0.25, -0.2) is 0 Å². The Bertz CT molecular complexity index is 478. The lowest BCUT2D eigenvalue weighted by molar-refractivity contribution is -0.131. The van der Waals surface area contributed by atoms with E-state index in [2.05, 4.69) is 26.2 Å². The van der Waals surface area contributed by atoms with Crippen molar-refractivity contribution >= 4 is 17.6 Å². The van der Waals surface area contributed by atoms with Gasteiger partial charge in [0.25, 0.3) is 0 Å². The van der Waals surface area contributed by atoms with Crippen LogP contribution < -0.4 is 21.3 Å². The summed E-state index contributed by atoms with van der Waals surface area (Å²) < 4.78 is 0. The maximum atomic E-state index is 12.5. The number of nitrogens with one attached hydrogen (secondary N) is 4. The number of Topliss-reactive ketones (excluding diaryl/α,β-unsaturated/α-hetero) is 1. The van der Waals surface area contributed by atoms with Crippen LogP contribution in [0.4, 0.5) is 0 Å². The Kier molecular flexibility index (Phi) is 11.2. The second-order valence-corrected chi connectivity index (χ2v) is 7.58. The Morgan fingerprint density at radius 3 is 2.30 bits per heavy atom. The van der Waals surface area contributed by atoms with E-state index in [1.54, 1.807) is 7.05 Å². The molecule has 1 heterocycles. The van der Waals surface area contributed by atoms with Crippen LogP contribution in [0.15, 0.2) is 0 Å². The summed E-state index contributed by atoms with van der Waals surface area (Å²) >= 11 is 0. The standard InChI is InChI=1S/C19H37N5O3/c1-14(2)17(20-4)19(27)23-16(18(26)22-13-15(3)25)7-5-6-10-24-11-8-21-9-12-24/h14,16-17,20-21H,5-13H2,1-4H3,(H,22,26)(H,23,27)/t16-,17-/m0/s1. The summed E-state index contributed by atoms with van der Waals surface area (Å²) in [4.78, 5) is 38.5. The van der Waals surface area contributed by atoms with Crippen molar-refractivity contribution in [2.45, 2.75) is 52.1 Å². The molecule has 8 nitrogen and oxygen atoms in total. The van der Waals surface area contributed by atoms with Gasteiger partial charge in [0.15, 0.2) is 0 Å². The van der Waals surface area contributed by atoms with Gasteiger partial charge in [0.1, 0.15) is 11.8 Å². The number of amides is 2. The van der Waals surface area contributed by atoms with Crippen molar-refractivity contribution in [1.82, 2.24) is 26.2 Å². The second-order valence-electron chi connectivity index (χ2n) is 7.58. The number of unbranched alkanes of at least 4 members (excludes halogenated alkanes) is 1. The molecule has 2 amide bonds. The minimum absolute atomic E-state index is 0.00831. The highest BCUT2D eigenvalue weighted by Gasteiger charge is 2.26. The van der Waals surface area contributed by atoms with Gasteiger partial charge in [-0.1, -0.05) is 13.8 Å². The second kappa shape index (κ2) is 12.8. The zero-order valence-electron chi connectivity index (χ0n) is 17.3. The summed E-state index contributed by atoms with van der Waals surface area (Å²) in [6, 6.07) is -0.969. The number of nitrogens with zero attached hydrogens (tertiary/aromatic N) is 1. The van der Waals surface area contributed by atoms with Crippen LogP contribution >= 0.6 is 0 Å². The largest absolute Gasteiger partial charge is 0.347 e. The third-order valence-corrected chi connectivity index (χ3v) is 4.83. The number of hydrogen-bond acceptors (Lipinski definition) is 6. The van der Waals surface area contributed by atoms with Crippen LogP contribution in [0, 0.1) is 5.92 Å². The molecule has 0 aromatic rings. The Labute approximate surface area is 163 Å². The number of carbonyl (C=O) groups excluding carboxylic acids is 3. The molecule has 27 heavy (non-hydrogen) atoms. The van der Waals surface area contributed by atoms with E-state index in [0.29, 0.717) is 6.42 Å². The fourth-order valence-corrected chi connectivity index (χ4v) is 3.25. The van der Waals surface area contributed by atoms with Crippen molar-refractivity contribution < 1.29 is 14.4 Å². The molecule has 0 saturated carbocycles. The molecule has 0 aromatic heterocycles. The van der Waals surface area contributed by atoms with E-state index in [4.69, 9.17) is 0 Å². The summed E-state index contributed by atoms with van der Waals surface area (Å²) in [5, 5.41) is 11.8. The van der Waals surface area contributed by atoms with Gasteiger partial charge in [-0.2, -0.15) is 0 Å². The molecule has 0 aromatic carbocycles. The molecule has 0 aliphatic carbocycles. The van der Waals surface area contributed by atoms with Crippen molar-refractivity contribution in [2.75, 3.05) is 46.3 Å². The van der Waals surface area contributed by atoms with Gasteiger partial charge in [0.05, 0.1) is 12.6 Å². The van der Waals surface area contributed by atoms with Gasteiger partial charge in [-0.15, -0.1) is 0 Å². The van der Waals surface area contributed by atoms with Gasteiger partial charge >= 0.3 is 0 Å². The lowest BCUT2D eigenvalue weighted by Crippen LogP contribution is -2.54. The number of rotatable bonds is 12. The van der Waals surface area contributed by atoms with Crippen molar-refractivity contribution in [2.24, 2.45) is 5.92 Å². The molecule has 4 N–H and O–H groups in total. The first-order valence-corrected chi connectivity index (χ1v) is 10.0. The monoisotopic (exact) mass is 383 g/mol. The molecule has 1 rings (SSSR count). The average molecular weight is 384 g/mol. The van der Waals surface area contributed by atoms with E-state index in [1.165, 1.54) is 6.92 Å². The van der Waals surface area contributed by atoms with Crippen molar-refractivity contribution in [3.05, 3.63) is 0 Å². The molecular weight excluding hydrogens is 346 g/mol. The molecule has 2 atom stereocenters. The van der Waals surface area contributed by atoms with Gasteiger partial charge < -0.3 is 26.2 Å². The number of ketones is 1. The van der Waals surface area contributed by atoms with Crippen molar-refractivity contribution in [3.63, 3.8) is 0 Å². The van der Waals surface area contributed by atoms with Crippen LogP contribution in [-0.2, 0) is 14.4 Å². The number of piperazine rings is 1. The normalized spacial score (nSPS) is 17.4. The van der Waals surface area contributed by atoms with Crippen molar-refractivity contribution in [3.8, 4) is 0 Å². The average Bonchev–Trinajstić information content (AvgIpc) is 2.63.